The molecule has 3 heterocycles. The van der Waals surface area contributed by atoms with Crippen LogP contribution in [0.25, 0.3) is 22.2 Å². The second-order valence-electron chi connectivity index (χ2n) is 6.32. The van der Waals surface area contributed by atoms with Crippen LogP contribution in [0.5, 0.6) is 0 Å². The van der Waals surface area contributed by atoms with Crippen LogP contribution < -0.4 is 11.1 Å². The molecule has 4 aromatic rings. The third kappa shape index (κ3) is 3.67. The fourth-order valence-corrected chi connectivity index (χ4v) is 2.97. The number of ether oxygens (including phenoxy) is 1. The van der Waals surface area contributed by atoms with Gasteiger partial charge in [0.2, 0.25) is 0 Å². The average Bonchev–Trinajstić information content (AvgIpc) is 3.33. The molecule has 0 bridgehead atoms. The van der Waals surface area contributed by atoms with Gasteiger partial charge in [0.05, 0.1) is 23.5 Å². The predicted molar refractivity (Wildman–Crippen MR) is 110 cm³/mol. The third-order valence-electron chi connectivity index (χ3n) is 4.36. The standard InChI is InChI=1S/C20H20N6O3/c1-28-10-5-9-22-20(27)16-17-19(25-15-8-3-2-7-14(15)24-17)26(18(16)21)23-12-13-6-4-11-29-13/h2-4,6-8,11-12H,5,9-10,21H2,1H3,(H,22,27)/b23-12+. The monoisotopic (exact) mass is 392 g/mol. The molecular weight excluding hydrogens is 372 g/mol. The number of rotatable bonds is 7. The molecule has 9 heteroatoms. The van der Waals surface area contributed by atoms with Crippen molar-refractivity contribution >= 4 is 40.1 Å². The zero-order valence-electron chi connectivity index (χ0n) is 15.8. The highest BCUT2D eigenvalue weighted by Gasteiger charge is 2.23. The van der Waals surface area contributed by atoms with Gasteiger partial charge >= 0.3 is 0 Å². The fraction of sp³-hybridized carbons (Fsp3) is 0.200. The lowest BCUT2D eigenvalue weighted by Gasteiger charge is -2.05. The van der Waals surface area contributed by atoms with Gasteiger partial charge in [0.15, 0.2) is 5.65 Å². The van der Waals surface area contributed by atoms with E-state index in [-0.39, 0.29) is 17.3 Å². The molecule has 0 aliphatic rings. The summed E-state index contributed by atoms with van der Waals surface area (Å²) in [5.74, 6) is 0.369. The van der Waals surface area contributed by atoms with Crippen LogP contribution in [-0.4, -0.2) is 47.0 Å². The first-order valence-electron chi connectivity index (χ1n) is 9.10. The van der Waals surface area contributed by atoms with E-state index in [1.54, 1.807) is 25.5 Å². The van der Waals surface area contributed by atoms with Gasteiger partial charge in [-0.25, -0.2) is 9.97 Å². The van der Waals surface area contributed by atoms with Gasteiger partial charge in [0, 0.05) is 20.3 Å². The molecule has 0 aliphatic carbocycles. The molecule has 0 spiro atoms. The minimum atomic E-state index is -0.333. The van der Waals surface area contributed by atoms with E-state index in [0.29, 0.717) is 47.5 Å². The summed E-state index contributed by atoms with van der Waals surface area (Å²) in [7, 11) is 1.62. The fourth-order valence-electron chi connectivity index (χ4n) is 2.97. The van der Waals surface area contributed by atoms with Crippen LogP contribution in [0.1, 0.15) is 22.5 Å². The number of furan rings is 1. The summed E-state index contributed by atoms with van der Waals surface area (Å²) >= 11 is 0. The number of carbonyl (C=O) groups excluding carboxylic acids is 1. The van der Waals surface area contributed by atoms with E-state index in [1.807, 2.05) is 24.3 Å². The van der Waals surface area contributed by atoms with Crippen molar-refractivity contribution in [2.75, 3.05) is 26.0 Å². The maximum Gasteiger partial charge on any atom is 0.257 e. The highest BCUT2D eigenvalue weighted by molar-refractivity contribution is 6.10. The van der Waals surface area contributed by atoms with Crippen LogP contribution in [-0.2, 0) is 4.74 Å². The quantitative estimate of drug-likeness (QED) is 0.368. The lowest BCUT2D eigenvalue weighted by Crippen LogP contribution is -2.26. The normalized spacial score (nSPS) is 11.6. The Kier molecular flexibility index (Phi) is 5.21. The third-order valence-corrected chi connectivity index (χ3v) is 4.36. The number of nitrogen functional groups attached to an aromatic ring is 1. The van der Waals surface area contributed by atoms with Crippen molar-refractivity contribution in [3.05, 3.63) is 54.0 Å². The van der Waals surface area contributed by atoms with E-state index in [9.17, 15) is 4.79 Å². The summed E-state index contributed by atoms with van der Waals surface area (Å²) in [5, 5.41) is 7.21. The van der Waals surface area contributed by atoms with Crippen molar-refractivity contribution in [3.63, 3.8) is 0 Å². The average molecular weight is 392 g/mol. The summed E-state index contributed by atoms with van der Waals surface area (Å²) in [6, 6.07) is 10.9. The van der Waals surface area contributed by atoms with Crippen molar-refractivity contribution in [2.24, 2.45) is 5.10 Å². The van der Waals surface area contributed by atoms with Gasteiger partial charge in [-0.15, -0.1) is 0 Å². The van der Waals surface area contributed by atoms with Crippen LogP contribution >= 0.6 is 0 Å². The van der Waals surface area contributed by atoms with E-state index in [1.165, 1.54) is 10.9 Å². The van der Waals surface area contributed by atoms with E-state index >= 15 is 0 Å². The van der Waals surface area contributed by atoms with Gasteiger partial charge in [0.25, 0.3) is 5.91 Å². The largest absolute Gasteiger partial charge is 0.463 e. The number of anilines is 1. The van der Waals surface area contributed by atoms with Gasteiger partial charge in [-0.05, 0) is 30.7 Å². The highest BCUT2D eigenvalue weighted by Crippen LogP contribution is 2.27. The Bertz CT molecular complexity index is 1180. The molecule has 3 N–H and O–H groups in total. The minimum absolute atomic E-state index is 0.155. The SMILES string of the molecule is COCCCNC(=O)c1c(N)n(/N=C/c2ccco2)c2nc3ccccc3nc12. The number of nitrogens with two attached hydrogens (primary N) is 1. The lowest BCUT2D eigenvalue weighted by molar-refractivity contribution is 0.0951. The smallest absolute Gasteiger partial charge is 0.257 e. The van der Waals surface area contributed by atoms with E-state index in [2.05, 4.69) is 20.4 Å². The first kappa shape index (κ1) is 18.6. The Morgan fingerprint density at radius 3 is 2.79 bits per heavy atom. The van der Waals surface area contributed by atoms with Gasteiger partial charge in [0.1, 0.15) is 22.7 Å². The number of para-hydroxylation sites is 2. The van der Waals surface area contributed by atoms with Crippen molar-refractivity contribution < 1.29 is 13.9 Å². The van der Waals surface area contributed by atoms with Gasteiger partial charge in [-0.2, -0.15) is 9.78 Å². The summed E-state index contributed by atoms with van der Waals surface area (Å²) in [5.41, 5.74) is 8.68. The molecule has 148 valence electrons. The van der Waals surface area contributed by atoms with Crippen LogP contribution in [0.3, 0.4) is 0 Å². The molecule has 4 rings (SSSR count). The topological polar surface area (TPSA) is 121 Å². The van der Waals surface area contributed by atoms with Gasteiger partial charge < -0.3 is 20.2 Å². The molecule has 0 aliphatic heterocycles. The van der Waals surface area contributed by atoms with Crippen LogP contribution in [0, 0.1) is 0 Å². The summed E-state index contributed by atoms with van der Waals surface area (Å²) in [6.45, 7) is 1.00. The number of nitrogens with zero attached hydrogens (tertiary/aromatic N) is 4. The summed E-state index contributed by atoms with van der Waals surface area (Å²) < 4.78 is 11.7. The molecule has 0 unspecified atom stereocenters. The molecule has 0 saturated carbocycles. The second kappa shape index (κ2) is 8.11. The van der Waals surface area contributed by atoms with Crippen molar-refractivity contribution in [2.45, 2.75) is 6.42 Å². The lowest BCUT2D eigenvalue weighted by atomic mass is 10.2. The summed E-state index contributed by atoms with van der Waals surface area (Å²) in [4.78, 5) is 22.1. The second-order valence-corrected chi connectivity index (χ2v) is 6.32. The van der Waals surface area contributed by atoms with Crippen molar-refractivity contribution in [1.29, 1.82) is 0 Å². The molecule has 0 saturated heterocycles. The molecule has 3 aromatic heterocycles. The van der Waals surface area contributed by atoms with Gasteiger partial charge in [-0.3, -0.25) is 4.79 Å². The molecule has 0 atom stereocenters. The minimum Gasteiger partial charge on any atom is -0.463 e. The zero-order chi connectivity index (χ0) is 20.2. The Balaban J connectivity index is 1.81. The maximum absolute atomic E-state index is 12.8. The van der Waals surface area contributed by atoms with Crippen LogP contribution in [0.4, 0.5) is 5.82 Å². The van der Waals surface area contributed by atoms with Crippen LogP contribution in [0.2, 0.25) is 0 Å². The Hall–Kier alpha value is -3.72. The first-order valence-corrected chi connectivity index (χ1v) is 9.10. The van der Waals surface area contributed by atoms with E-state index in [0.717, 1.165) is 0 Å². The highest BCUT2D eigenvalue weighted by atomic mass is 16.5. The number of amides is 1. The Morgan fingerprint density at radius 2 is 2.07 bits per heavy atom. The van der Waals surface area contributed by atoms with Crippen LogP contribution in [0.15, 0.2) is 52.2 Å². The number of hydrogen-bond donors (Lipinski definition) is 2. The van der Waals surface area contributed by atoms with E-state index in [4.69, 9.17) is 14.9 Å². The van der Waals surface area contributed by atoms with Crippen molar-refractivity contribution in [1.82, 2.24) is 20.0 Å². The zero-order valence-corrected chi connectivity index (χ0v) is 15.8. The number of methoxy groups -OCH3 is 1. The summed E-state index contributed by atoms with van der Waals surface area (Å²) in [6.07, 6.45) is 3.74. The van der Waals surface area contributed by atoms with Crippen molar-refractivity contribution in [3.8, 4) is 0 Å². The Morgan fingerprint density at radius 1 is 1.28 bits per heavy atom. The predicted octanol–water partition coefficient (Wildman–Crippen LogP) is 2.41. The Labute approximate surface area is 166 Å². The van der Waals surface area contributed by atoms with E-state index < -0.39 is 0 Å². The number of aromatic nitrogens is 3. The molecule has 29 heavy (non-hydrogen) atoms. The number of benzene rings is 1. The molecule has 1 amide bonds. The van der Waals surface area contributed by atoms with Gasteiger partial charge in [-0.1, -0.05) is 12.1 Å². The number of carbonyl (C=O) groups is 1. The number of fused-ring (bicyclic) bond motifs is 2. The molecule has 9 nitrogen and oxygen atoms in total. The molecule has 0 radical (unpaired) electrons. The molecule has 0 fully saturated rings. The maximum atomic E-state index is 12.8. The molecular formula is C20H20N6O3. The molecule has 1 aromatic carbocycles. The number of nitrogens with one attached hydrogen (secondary N) is 1. The first-order chi connectivity index (χ1) is 14.2. The number of hydrogen-bond acceptors (Lipinski definition) is 7.